The third-order valence-electron chi connectivity index (χ3n) is 4.34. The zero-order valence-electron chi connectivity index (χ0n) is 18.6. The van der Waals surface area contributed by atoms with Gasteiger partial charge < -0.3 is 29.0 Å². The molecule has 0 radical (unpaired) electrons. The largest absolute Gasteiger partial charge is 0.496 e. The molecule has 9 nitrogen and oxygen atoms in total. The van der Waals surface area contributed by atoms with Crippen LogP contribution in [0.2, 0.25) is 0 Å². The number of ether oxygens (including phenoxy) is 5. The Morgan fingerprint density at radius 3 is 2.03 bits per heavy atom. The molecule has 0 aromatic heterocycles. The lowest BCUT2D eigenvalue weighted by molar-refractivity contribution is -0.135. The summed E-state index contributed by atoms with van der Waals surface area (Å²) in [5.41, 5.74) is 0.907. The Balaban J connectivity index is 2.18. The lowest BCUT2D eigenvalue weighted by atomic mass is 10.1. The molecule has 2 rings (SSSR count). The first-order valence-electron chi connectivity index (χ1n) is 9.67. The molecule has 0 heterocycles. The second kappa shape index (κ2) is 12.4. The van der Waals surface area contributed by atoms with Gasteiger partial charge in [-0.05, 0) is 29.8 Å². The van der Waals surface area contributed by atoms with E-state index in [4.69, 9.17) is 35.3 Å². The SMILES string of the molecule is COc1cc(OC)c(C=CC(=O)Nc2ccc(OC)c(OC(=O)CCC(=O)Cl)c2)c(OC)c1. The van der Waals surface area contributed by atoms with Gasteiger partial charge in [0.1, 0.15) is 17.2 Å². The normalized spacial score (nSPS) is 10.5. The second-order valence-electron chi connectivity index (χ2n) is 6.46. The zero-order chi connectivity index (χ0) is 24.4. The van der Waals surface area contributed by atoms with Gasteiger partial charge in [-0.25, -0.2) is 0 Å². The maximum Gasteiger partial charge on any atom is 0.311 e. The minimum absolute atomic E-state index is 0.0878. The van der Waals surface area contributed by atoms with Gasteiger partial charge in [0, 0.05) is 36.4 Å². The Kier molecular flexibility index (Phi) is 9.56. The van der Waals surface area contributed by atoms with Gasteiger partial charge in [0.15, 0.2) is 11.5 Å². The highest BCUT2D eigenvalue weighted by Gasteiger charge is 2.14. The van der Waals surface area contributed by atoms with E-state index in [1.807, 2.05) is 0 Å². The third-order valence-corrected chi connectivity index (χ3v) is 4.52. The number of amides is 1. The van der Waals surface area contributed by atoms with E-state index in [0.29, 0.717) is 28.5 Å². The van der Waals surface area contributed by atoms with Gasteiger partial charge >= 0.3 is 5.97 Å². The van der Waals surface area contributed by atoms with Crippen LogP contribution in [0.5, 0.6) is 28.7 Å². The average molecular weight is 478 g/mol. The molecular weight excluding hydrogens is 454 g/mol. The van der Waals surface area contributed by atoms with Gasteiger partial charge in [-0.15, -0.1) is 0 Å². The Labute approximate surface area is 196 Å². The summed E-state index contributed by atoms with van der Waals surface area (Å²) < 4.78 is 26.3. The summed E-state index contributed by atoms with van der Waals surface area (Å²) in [5, 5.41) is 2.03. The van der Waals surface area contributed by atoms with Crippen molar-refractivity contribution in [3.63, 3.8) is 0 Å². The molecule has 2 aromatic carbocycles. The summed E-state index contributed by atoms with van der Waals surface area (Å²) in [4.78, 5) is 35.2. The molecule has 0 saturated heterocycles. The van der Waals surface area contributed by atoms with E-state index in [2.05, 4.69) is 5.32 Å². The molecular formula is C23H24ClNO8. The van der Waals surface area contributed by atoms with E-state index >= 15 is 0 Å². The molecule has 0 saturated carbocycles. The number of anilines is 1. The lowest BCUT2D eigenvalue weighted by Gasteiger charge is -2.13. The topological polar surface area (TPSA) is 109 Å². The molecule has 0 bridgehead atoms. The number of carbonyl (C=O) groups is 3. The van der Waals surface area contributed by atoms with Crippen molar-refractivity contribution in [1.29, 1.82) is 0 Å². The number of esters is 1. The second-order valence-corrected chi connectivity index (χ2v) is 6.88. The molecule has 10 heteroatoms. The van der Waals surface area contributed by atoms with Gasteiger partial charge in [-0.2, -0.15) is 0 Å². The fourth-order valence-corrected chi connectivity index (χ4v) is 2.84. The molecule has 0 aliphatic carbocycles. The molecule has 0 aliphatic heterocycles. The van der Waals surface area contributed by atoms with E-state index in [0.717, 1.165) is 0 Å². The van der Waals surface area contributed by atoms with Crippen LogP contribution in [0.4, 0.5) is 5.69 Å². The van der Waals surface area contributed by atoms with Gasteiger partial charge in [0.2, 0.25) is 11.1 Å². The fraction of sp³-hybridized carbons (Fsp3) is 0.261. The quantitative estimate of drug-likeness (QED) is 0.225. The maximum absolute atomic E-state index is 12.5. The Morgan fingerprint density at radius 1 is 0.848 bits per heavy atom. The molecule has 1 amide bonds. The lowest BCUT2D eigenvalue weighted by Crippen LogP contribution is -2.11. The molecule has 2 aromatic rings. The molecule has 0 atom stereocenters. The van der Waals surface area contributed by atoms with Crippen molar-refractivity contribution < 1.29 is 38.1 Å². The van der Waals surface area contributed by atoms with Crippen LogP contribution < -0.4 is 29.0 Å². The van der Waals surface area contributed by atoms with E-state index in [1.54, 1.807) is 24.3 Å². The van der Waals surface area contributed by atoms with Crippen LogP contribution in [0, 0.1) is 0 Å². The fourth-order valence-electron chi connectivity index (χ4n) is 2.75. The molecule has 1 N–H and O–H groups in total. The van der Waals surface area contributed by atoms with Gasteiger partial charge in [0.25, 0.3) is 0 Å². The predicted octanol–water partition coefficient (Wildman–Crippen LogP) is 3.82. The van der Waals surface area contributed by atoms with Crippen LogP contribution in [0.3, 0.4) is 0 Å². The number of rotatable bonds is 11. The summed E-state index contributed by atoms with van der Waals surface area (Å²) in [6.07, 6.45) is 2.51. The van der Waals surface area contributed by atoms with Gasteiger partial charge in [-0.1, -0.05) is 0 Å². The predicted molar refractivity (Wildman–Crippen MR) is 122 cm³/mol. The summed E-state index contributed by atoms with van der Waals surface area (Å²) in [7, 11) is 5.92. The minimum atomic E-state index is -0.663. The summed E-state index contributed by atoms with van der Waals surface area (Å²) in [5.74, 6) is 0.718. The average Bonchev–Trinajstić information content (AvgIpc) is 2.81. The summed E-state index contributed by atoms with van der Waals surface area (Å²) in [6, 6.07) is 7.88. The summed E-state index contributed by atoms with van der Waals surface area (Å²) in [6.45, 7) is 0. The molecule has 0 aliphatic rings. The molecule has 176 valence electrons. The Hall–Kier alpha value is -3.72. The number of methoxy groups -OCH3 is 4. The number of hydrogen-bond donors (Lipinski definition) is 1. The smallest absolute Gasteiger partial charge is 0.311 e. The minimum Gasteiger partial charge on any atom is -0.496 e. The molecule has 33 heavy (non-hydrogen) atoms. The number of benzene rings is 2. The molecule has 0 fully saturated rings. The number of halogens is 1. The number of nitrogens with one attached hydrogen (secondary N) is 1. The maximum atomic E-state index is 12.5. The van der Waals surface area contributed by atoms with Crippen LogP contribution >= 0.6 is 11.6 Å². The van der Waals surface area contributed by atoms with E-state index in [9.17, 15) is 14.4 Å². The Morgan fingerprint density at radius 2 is 1.48 bits per heavy atom. The van der Waals surface area contributed by atoms with E-state index in [-0.39, 0.29) is 24.3 Å². The van der Waals surface area contributed by atoms with Crippen molar-refractivity contribution in [3.05, 3.63) is 42.0 Å². The van der Waals surface area contributed by atoms with Crippen molar-refractivity contribution in [2.75, 3.05) is 33.8 Å². The first-order chi connectivity index (χ1) is 15.8. The first kappa shape index (κ1) is 25.5. The van der Waals surface area contributed by atoms with E-state index < -0.39 is 17.1 Å². The molecule has 0 unspecified atom stereocenters. The van der Waals surface area contributed by atoms with Crippen LogP contribution in [-0.2, 0) is 14.4 Å². The standard InChI is InChI=1S/C23H24ClNO8/c1-29-15-12-18(31-3)16(19(13-15)32-4)6-9-22(27)25-14-5-7-17(30-2)20(11-14)33-23(28)10-8-21(24)26/h5-7,9,11-13H,8,10H2,1-4H3,(H,25,27). The summed E-state index contributed by atoms with van der Waals surface area (Å²) >= 11 is 5.25. The number of hydrogen-bond acceptors (Lipinski definition) is 8. The van der Waals surface area contributed by atoms with Crippen molar-refractivity contribution >= 4 is 40.5 Å². The van der Waals surface area contributed by atoms with Crippen molar-refractivity contribution in [1.82, 2.24) is 0 Å². The monoisotopic (exact) mass is 477 g/mol. The van der Waals surface area contributed by atoms with Crippen molar-refractivity contribution in [2.45, 2.75) is 12.8 Å². The van der Waals surface area contributed by atoms with Gasteiger partial charge in [0.05, 0.1) is 40.4 Å². The third kappa shape index (κ3) is 7.43. The van der Waals surface area contributed by atoms with Crippen molar-refractivity contribution in [3.8, 4) is 28.7 Å². The zero-order valence-corrected chi connectivity index (χ0v) is 19.4. The first-order valence-corrected chi connectivity index (χ1v) is 10.0. The highest BCUT2D eigenvalue weighted by atomic mass is 35.5. The van der Waals surface area contributed by atoms with E-state index in [1.165, 1.54) is 46.6 Å². The van der Waals surface area contributed by atoms with Crippen LogP contribution in [0.15, 0.2) is 36.4 Å². The van der Waals surface area contributed by atoms with Crippen LogP contribution in [0.1, 0.15) is 18.4 Å². The van der Waals surface area contributed by atoms with Gasteiger partial charge in [-0.3, -0.25) is 14.4 Å². The Bertz CT molecular complexity index is 1030. The van der Waals surface area contributed by atoms with Crippen LogP contribution in [0.25, 0.3) is 6.08 Å². The number of carbonyl (C=O) groups excluding carboxylic acids is 3. The highest BCUT2D eigenvalue weighted by molar-refractivity contribution is 6.63. The van der Waals surface area contributed by atoms with Crippen LogP contribution in [-0.4, -0.2) is 45.6 Å². The molecule has 0 spiro atoms. The highest BCUT2D eigenvalue weighted by Crippen LogP contribution is 2.35. The van der Waals surface area contributed by atoms with Crippen molar-refractivity contribution in [2.24, 2.45) is 0 Å².